The third-order valence-electron chi connectivity index (χ3n) is 2.58. The van der Waals surface area contributed by atoms with Crippen molar-refractivity contribution in [2.75, 3.05) is 0 Å². The van der Waals surface area contributed by atoms with Crippen molar-refractivity contribution in [2.45, 2.75) is 32.7 Å². The second kappa shape index (κ2) is 7.32. The number of unbranched alkanes of at least 4 members (excludes halogenated alkanes) is 1. The monoisotopic (exact) mass is 249 g/mol. The van der Waals surface area contributed by atoms with E-state index in [0.29, 0.717) is 18.5 Å². The molecule has 0 atom stereocenters. The van der Waals surface area contributed by atoms with E-state index in [1.54, 1.807) is 18.2 Å². The van der Waals surface area contributed by atoms with Crippen molar-refractivity contribution in [2.24, 2.45) is 10.9 Å². The lowest BCUT2D eigenvalue weighted by atomic mass is 10.1. The highest BCUT2D eigenvalue weighted by atomic mass is 16.4. The molecule has 0 aromatic heterocycles. The Kier molecular flexibility index (Phi) is 5.70. The number of hydrogen-bond acceptors (Lipinski definition) is 3. The topological polar surface area (TPSA) is 87.7 Å². The van der Waals surface area contributed by atoms with Crippen LogP contribution in [-0.2, 0) is 11.3 Å². The lowest BCUT2D eigenvalue weighted by molar-refractivity contribution is -0.121. The number of nitrogens with zero attached hydrogens (tertiary/aromatic N) is 1. The fraction of sp³-hybridized carbons (Fsp3) is 0.385. The number of nitrogens with two attached hydrogens (primary N) is 1. The van der Waals surface area contributed by atoms with Crippen LogP contribution in [0.15, 0.2) is 29.4 Å². The number of nitrogens with one attached hydrogen (secondary N) is 1. The van der Waals surface area contributed by atoms with Crippen LogP contribution >= 0.6 is 0 Å². The number of oxime groups is 1. The van der Waals surface area contributed by atoms with Crippen LogP contribution < -0.4 is 11.1 Å². The van der Waals surface area contributed by atoms with Crippen molar-refractivity contribution in [3.63, 3.8) is 0 Å². The lowest BCUT2D eigenvalue weighted by Gasteiger charge is -2.06. The largest absolute Gasteiger partial charge is 0.409 e. The first-order chi connectivity index (χ1) is 8.67. The molecule has 18 heavy (non-hydrogen) atoms. The summed E-state index contributed by atoms with van der Waals surface area (Å²) in [5, 5.41) is 14.4. The Labute approximate surface area is 107 Å². The Morgan fingerprint density at radius 3 is 2.94 bits per heavy atom. The molecular weight excluding hydrogens is 230 g/mol. The summed E-state index contributed by atoms with van der Waals surface area (Å²) in [5.74, 6) is 0.111. The maximum Gasteiger partial charge on any atom is 0.220 e. The number of carbonyl (C=O) groups is 1. The zero-order valence-electron chi connectivity index (χ0n) is 10.5. The van der Waals surface area contributed by atoms with Crippen LogP contribution in [0.1, 0.15) is 37.3 Å². The van der Waals surface area contributed by atoms with Crippen molar-refractivity contribution < 1.29 is 10.0 Å². The van der Waals surface area contributed by atoms with Gasteiger partial charge in [0, 0.05) is 18.5 Å². The molecule has 1 rings (SSSR count). The molecule has 5 heteroatoms. The summed E-state index contributed by atoms with van der Waals surface area (Å²) in [4.78, 5) is 11.5. The number of amides is 1. The quantitative estimate of drug-likeness (QED) is 0.309. The molecule has 1 aromatic carbocycles. The summed E-state index contributed by atoms with van der Waals surface area (Å²) in [6.07, 6.45) is 2.46. The summed E-state index contributed by atoms with van der Waals surface area (Å²) in [6.45, 7) is 2.50. The summed E-state index contributed by atoms with van der Waals surface area (Å²) < 4.78 is 0. The van der Waals surface area contributed by atoms with Gasteiger partial charge in [0.25, 0.3) is 0 Å². The van der Waals surface area contributed by atoms with E-state index in [0.717, 1.165) is 18.4 Å². The molecule has 0 bridgehead atoms. The molecule has 1 aromatic rings. The molecule has 0 aliphatic carbocycles. The first-order valence-corrected chi connectivity index (χ1v) is 6.01. The van der Waals surface area contributed by atoms with Gasteiger partial charge in [0.15, 0.2) is 5.84 Å². The van der Waals surface area contributed by atoms with Crippen LogP contribution in [0.5, 0.6) is 0 Å². The average molecular weight is 249 g/mol. The molecule has 0 spiro atoms. The summed E-state index contributed by atoms with van der Waals surface area (Å²) in [7, 11) is 0. The van der Waals surface area contributed by atoms with Crippen LogP contribution in [-0.4, -0.2) is 17.0 Å². The molecule has 0 radical (unpaired) electrons. The predicted octanol–water partition coefficient (Wildman–Crippen LogP) is 1.59. The van der Waals surface area contributed by atoms with E-state index < -0.39 is 0 Å². The first kappa shape index (κ1) is 14.0. The van der Waals surface area contributed by atoms with E-state index in [1.165, 1.54) is 0 Å². The first-order valence-electron chi connectivity index (χ1n) is 6.01. The van der Waals surface area contributed by atoms with Gasteiger partial charge in [-0.25, -0.2) is 0 Å². The Balaban J connectivity index is 2.55. The van der Waals surface area contributed by atoms with E-state index in [4.69, 9.17) is 10.9 Å². The molecule has 0 fully saturated rings. The fourth-order valence-corrected chi connectivity index (χ4v) is 1.52. The maximum absolute atomic E-state index is 11.5. The smallest absolute Gasteiger partial charge is 0.220 e. The molecule has 0 heterocycles. The molecule has 0 unspecified atom stereocenters. The van der Waals surface area contributed by atoms with Crippen LogP contribution in [0, 0.1) is 0 Å². The van der Waals surface area contributed by atoms with Crippen molar-refractivity contribution in [1.29, 1.82) is 0 Å². The van der Waals surface area contributed by atoms with Crippen molar-refractivity contribution in [3.05, 3.63) is 35.4 Å². The molecule has 98 valence electrons. The summed E-state index contributed by atoms with van der Waals surface area (Å²) in [6, 6.07) is 7.22. The molecular formula is C13H19N3O2. The number of rotatable bonds is 6. The zero-order chi connectivity index (χ0) is 13.4. The average Bonchev–Trinajstić information content (AvgIpc) is 2.42. The van der Waals surface area contributed by atoms with E-state index >= 15 is 0 Å². The van der Waals surface area contributed by atoms with Gasteiger partial charge in [0.2, 0.25) is 5.91 Å². The minimum absolute atomic E-state index is 0.0473. The van der Waals surface area contributed by atoms with Gasteiger partial charge in [-0.2, -0.15) is 0 Å². The van der Waals surface area contributed by atoms with Gasteiger partial charge < -0.3 is 16.3 Å². The Morgan fingerprint density at radius 1 is 1.50 bits per heavy atom. The number of carbonyl (C=O) groups excluding carboxylic acids is 1. The van der Waals surface area contributed by atoms with Gasteiger partial charge >= 0.3 is 0 Å². The third kappa shape index (κ3) is 4.45. The maximum atomic E-state index is 11.5. The molecule has 0 saturated carbocycles. The number of amidine groups is 1. The van der Waals surface area contributed by atoms with Crippen LogP contribution in [0.2, 0.25) is 0 Å². The third-order valence-corrected chi connectivity index (χ3v) is 2.58. The minimum atomic E-state index is 0.0473. The normalized spacial score (nSPS) is 11.3. The molecule has 0 aliphatic rings. The van der Waals surface area contributed by atoms with Crippen LogP contribution in [0.4, 0.5) is 0 Å². The van der Waals surface area contributed by atoms with Gasteiger partial charge in [-0.1, -0.05) is 36.7 Å². The van der Waals surface area contributed by atoms with E-state index in [1.807, 2.05) is 13.0 Å². The SMILES string of the molecule is CCCCC(=O)NCc1cccc(C(N)=NO)c1. The highest BCUT2D eigenvalue weighted by molar-refractivity contribution is 5.97. The Hall–Kier alpha value is -2.04. The molecule has 5 nitrogen and oxygen atoms in total. The molecule has 1 amide bonds. The Bertz CT molecular complexity index is 430. The predicted molar refractivity (Wildman–Crippen MR) is 70.3 cm³/mol. The highest BCUT2D eigenvalue weighted by Gasteiger charge is 2.03. The van der Waals surface area contributed by atoms with Gasteiger partial charge in [-0.05, 0) is 18.1 Å². The fourth-order valence-electron chi connectivity index (χ4n) is 1.52. The second-order valence-electron chi connectivity index (χ2n) is 4.07. The second-order valence-corrected chi connectivity index (χ2v) is 4.07. The lowest BCUT2D eigenvalue weighted by Crippen LogP contribution is -2.22. The number of benzene rings is 1. The summed E-state index contributed by atoms with van der Waals surface area (Å²) >= 11 is 0. The van der Waals surface area contributed by atoms with Crippen LogP contribution in [0.3, 0.4) is 0 Å². The van der Waals surface area contributed by atoms with E-state index in [-0.39, 0.29) is 11.7 Å². The summed E-state index contributed by atoms with van der Waals surface area (Å²) in [5.41, 5.74) is 7.05. The standard InChI is InChI=1S/C13H19N3O2/c1-2-3-7-12(17)15-9-10-5-4-6-11(8-10)13(14)16-18/h4-6,8,18H,2-3,7,9H2,1H3,(H2,14,16)(H,15,17). The molecule has 0 saturated heterocycles. The number of hydrogen-bond donors (Lipinski definition) is 3. The van der Waals surface area contributed by atoms with Gasteiger partial charge in [0.05, 0.1) is 0 Å². The highest BCUT2D eigenvalue weighted by Crippen LogP contribution is 2.05. The van der Waals surface area contributed by atoms with Crippen molar-refractivity contribution in [3.8, 4) is 0 Å². The van der Waals surface area contributed by atoms with Gasteiger partial charge in [-0.3, -0.25) is 4.79 Å². The van der Waals surface area contributed by atoms with Gasteiger partial charge in [0.1, 0.15) is 0 Å². The van der Waals surface area contributed by atoms with Crippen LogP contribution in [0.25, 0.3) is 0 Å². The molecule has 0 aliphatic heterocycles. The van der Waals surface area contributed by atoms with Crippen molar-refractivity contribution in [1.82, 2.24) is 5.32 Å². The van der Waals surface area contributed by atoms with Crippen molar-refractivity contribution >= 4 is 11.7 Å². The molecule has 4 N–H and O–H groups in total. The van der Waals surface area contributed by atoms with Gasteiger partial charge in [-0.15, -0.1) is 0 Å². The Morgan fingerprint density at radius 2 is 2.28 bits per heavy atom. The zero-order valence-corrected chi connectivity index (χ0v) is 10.5. The van der Waals surface area contributed by atoms with E-state index in [9.17, 15) is 4.79 Å². The minimum Gasteiger partial charge on any atom is -0.409 e. The van der Waals surface area contributed by atoms with E-state index in [2.05, 4.69) is 10.5 Å².